The third-order valence-electron chi connectivity index (χ3n) is 3.76. The predicted octanol–water partition coefficient (Wildman–Crippen LogP) is 1.99. The minimum absolute atomic E-state index is 0.533. The quantitative estimate of drug-likeness (QED) is 0.840. The van der Waals surface area contributed by atoms with Gasteiger partial charge in [-0.1, -0.05) is 29.8 Å². The van der Waals surface area contributed by atoms with Crippen molar-refractivity contribution in [2.24, 2.45) is 11.7 Å². The van der Waals surface area contributed by atoms with E-state index >= 15 is 0 Å². The predicted molar refractivity (Wildman–Crippen MR) is 68.6 cm³/mol. The van der Waals surface area contributed by atoms with Crippen LogP contribution in [-0.4, -0.2) is 31.6 Å². The van der Waals surface area contributed by atoms with Gasteiger partial charge in [0.2, 0.25) is 0 Å². The van der Waals surface area contributed by atoms with Crippen LogP contribution in [0.4, 0.5) is 0 Å². The Labute approximate surface area is 98.4 Å². The van der Waals surface area contributed by atoms with E-state index < -0.39 is 0 Å². The van der Waals surface area contributed by atoms with Crippen molar-refractivity contribution in [2.45, 2.75) is 19.3 Å². The number of hydrogen-bond acceptors (Lipinski definition) is 2. The van der Waals surface area contributed by atoms with Crippen LogP contribution in [0.3, 0.4) is 0 Å². The number of aryl methyl sites for hydroxylation is 1. The van der Waals surface area contributed by atoms with E-state index in [1.165, 1.54) is 30.6 Å². The molecule has 0 saturated carbocycles. The molecule has 1 aromatic rings. The van der Waals surface area contributed by atoms with Crippen molar-refractivity contribution in [1.82, 2.24) is 4.90 Å². The van der Waals surface area contributed by atoms with Crippen molar-refractivity contribution in [3.05, 3.63) is 35.4 Å². The minimum atomic E-state index is 0.533. The molecule has 1 fully saturated rings. The molecule has 1 aromatic carbocycles. The van der Waals surface area contributed by atoms with Crippen molar-refractivity contribution < 1.29 is 0 Å². The van der Waals surface area contributed by atoms with E-state index in [0.29, 0.717) is 5.92 Å². The molecule has 1 aliphatic heterocycles. The molecule has 1 aliphatic rings. The van der Waals surface area contributed by atoms with Crippen LogP contribution >= 0.6 is 0 Å². The molecule has 2 atom stereocenters. The van der Waals surface area contributed by atoms with E-state index in [1.807, 2.05) is 0 Å². The molecule has 1 saturated heterocycles. The summed E-state index contributed by atoms with van der Waals surface area (Å²) >= 11 is 0. The van der Waals surface area contributed by atoms with Gasteiger partial charge in [0, 0.05) is 12.5 Å². The topological polar surface area (TPSA) is 29.3 Å². The first-order valence-electron chi connectivity index (χ1n) is 6.16. The Morgan fingerprint density at radius 1 is 1.38 bits per heavy atom. The molecule has 2 rings (SSSR count). The third-order valence-corrected chi connectivity index (χ3v) is 3.76. The highest BCUT2D eigenvalue weighted by molar-refractivity contribution is 5.25. The molecule has 1 heterocycles. The molecule has 2 unspecified atom stereocenters. The van der Waals surface area contributed by atoms with Gasteiger partial charge in [-0.3, -0.25) is 0 Å². The Morgan fingerprint density at radius 3 is 2.56 bits per heavy atom. The van der Waals surface area contributed by atoms with Gasteiger partial charge in [0.15, 0.2) is 0 Å². The van der Waals surface area contributed by atoms with Crippen LogP contribution in [0.1, 0.15) is 23.5 Å². The van der Waals surface area contributed by atoms with Gasteiger partial charge in [-0.25, -0.2) is 0 Å². The van der Waals surface area contributed by atoms with Crippen molar-refractivity contribution in [1.29, 1.82) is 0 Å². The Hall–Kier alpha value is -0.860. The lowest BCUT2D eigenvalue weighted by Gasteiger charge is -2.22. The normalized spacial score (nSPS) is 23.6. The van der Waals surface area contributed by atoms with Crippen molar-refractivity contribution in [2.75, 3.05) is 26.7 Å². The van der Waals surface area contributed by atoms with Crippen molar-refractivity contribution in [3.63, 3.8) is 0 Å². The fourth-order valence-corrected chi connectivity index (χ4v) is 2.71. The Balaban J connectivity index is 2.13. The average molecular weight is 218 g/mol. The SMILES string of the molecule is Cc1ccc(C(CN)C2CCN(C)C2)cc1. The summed E-state index contributed by atoms with van der Waals surface area (Å²) < 4.78 is 0. The summed E-state index contributed by atoms with van der Waals surface area (Å²) in [6.07, 6.45) is 1.28. The molecule has 2 N–H and O–H groups in total. The second kappa shape index (κ2) is 4.98. The number of rotatable bonds is 3. The number of nitrogens with zero attached hydrogens (tertiary/aromatic N) is 1. The fourth-order valence-electron chi connectivity index (χ4n) is 2.71. The third kappa shape index (κ3) is 2.45. The van der Waals surface area contributed by atoms with Gasteiger partial charge in [0.1, 0.15) is 0 Å². The van der Waals surface area contributed by atoms with Crippen molar-refractivity contribution >= 4 is 0 Å². The van der Waals surface area contributed by atoms with Crippen LogP contribution in [0.15, 0.2) is 24.3 Å². The molecule has 0 aliphatic carbocycles. The molecular weight excluding hydrogens is 196 g/mol. The lowest BCUT2D eigenvalue weighted by atomic mass is 9.85. The maximum atomic E-state index is 5.95. The number of likely N-dealkylation sites (tertiary alicyclic amines) is 1. The summed E-state index contributed by atoms with van der Waals surface area (Å²) in [7, 11) is 2.20. The van der Waals surface area contributed by atoms with E-state index in [2.05, 4.69) is 43.1 Å². The zero-order valence-electron chi connectivity index (χ0n) is 10.3. The van der Waals surface area contributed by atoms with Crippen LogP contribution in [0.2, 0.25) is 0 Å². The molecule has 16 heavy (non-hydrogen) atoms. The standard InChI is InChI=1S/C14H22N2/c1-11-3-5-12(6-4-11)14(9-15)13-7-8-16(2)10-13/h3-6,13-14H,7-10,15H2,1-2H3. The second-order valence-corrected chi connectivity index (χ2v) is 5.06. The largest absolute Gasteiger partial charge is 0.330 e. The summed E-state index contributed by atoms with van der Waals surface area (Å²) in [5, 5.41) is 0. The molecule has 0 bridgehead atoms. The Kier molecular flexibility index (Phi) is 3.62. The molecule has 2 nitrogen and oxygen atoms in total. The smallest absolute Gasteiger partial charge is 0.00134 e. The van der Waals surface area contributed by atoms with Gasteiger partial charge >= 0.3 is 0 Å². The molecule has 0 amide bonds. The molecule has 0 radical (unpaired) electrons. The lowest BCUT2D eigenvalue weighted by Crippen LogP contribution is -2.24. The molecule has 0 spiro atoms. The summed E-state index contributed by atoms with van der Waals surface area (Å²) in [5.41, 5.74) is 8.68. The number of hydrogen-bond donors (Lipinski definition) is 1. The first-order valence-corrected chi connectivity index (χ1v) is 6.16. The maximum absolute atomic E-state index is 5.95. The molecule has 2 heteroatoms. The Morgan fingerprint density at radius 2 is 2.06 bits per heavy atom. The van der Waals surface area contributed by atoms with E-state index in [0.717, 1.165) is 12.5 Å². The van der Waals surface area contributed by atoms with Gasteiger partial charge in [-0.2, -0.15) is 0 Å². The van der Waals surface area contributed by atoms with E-state index in [-0.39, 0.29) is 0 Å². The van der Waals surface area contributed by atoms with E-state index in [1.54, 1.807) is 0 Å². The van der Waals surface area contributed by atoms with Crippen molar-refractivity contribution in [3.8, 4) is 0 Å². The van der Waals surface area contributed by atoms with Gasteiger partial charge in [0.05, 0.1) is 0 Å². The van der Waals surface area contributed by atoms with E-state index in [4.69, 9.17) is 5.73 Å². The number of benzene rings is 1. The monoisotopic (exact) mass is 218 g/mol. The molecule has 88 valence electrons. The van der Waals surface area contributed by atoms with Crippen LogP contribution in [0, 0.1) is 12.8 Å². The van der Waals surface area contributed by atoms with Crippen LogP contribution in [0.25, 0.3) is 0 Å². The molecular formula is C14H22N2. The summed E-state index contributed by atoms with van der Waals surface area (Å²) in [5.74, 6) is 1.27. The highest BCUT2D eigenvalue weighted by atomic mass is 15.1. The van der Waals surface area contributed by atoms with Crippen LogP contribution in [-0.2, 0) is 0 Å². The first-order chi connectivity index (χ1) is 7.70. The highest BCUT2D eigenvalue weighted by Gasteiger charge is 2.27. The number of nitrogens with two attached hydrogens (primary N) is 1. The fraction of sp³-hybridized carbons (Fsp3) is 0.571. The van der Waals surface area contributed by atoms with Crippen LogP contribution in [0.5, 0.6) is 0 Å². The zero-order chi connectivity index (χ0) is 11.5. The van der Waals surface area contributed by atoms with Gasteiger partial charge in [-0.15, -0.1) is 0 Å². The summed E-state index contributed by atoms with van der Waals surface area (Å²) in [6, 6.07) is 8.86. The first kappa shape index (κ1) is 11.6. The lowest BCUT2D eigenvalue weighted by molar-refractivity contribution is 0.371. The van der Waals surface area contributed by atoms with Crippen LogP contribution < -0.4 is 5.73 Å². The molecule has 0 aromatic heterocycles. The average Bonchev–Trinajstić information content (AvgIpc) is 2.69. The van der Waals surface area contributed by atoms with Gasteiger partial charge in [0.25, 0.3) is 0 Å². The maximum Gasteiger partial charge on any atom is 0.00134 e. The Bertz CT molecular complexity index is 331. The van der Waals surface area contributed by atoms with Gasteiger partial charge in [-0.05, 0) is 45.0 Å². The summed E-state index contributed by atoms with van der Waals surface area (Å²) in [4.78, 5) is 2.40. The minimum Gasteiger partial charge on any atom is -0.330 e. The second-order valence-electron chi connectivity index (χ2n) is 5.06. The zero-order valence-corrected chi connectivity index (χ0v) is 10.3. The highest BCUT2D eigenvalue weighted by Crippen LogP contribution is 2.30. The van der Waals surface area contributed by atoms with Gasteiger partial charge < -0.3 is 10.6 Å². The summed E-state index contributed by atoms with van der Waals surface area (Å²) in [6.45, 7) is 5.30. The van der Waals surface area contributed by atoms with E-state index in [9.17, 15) is 0 Å².